The maximum atomic E-state index is 11.1. The van der Waals surface area contributed by atoms with Gasteiger partial charge < -0.3 is 14.6 Å². The molecule has 1 aromatic rings. The topological polar surface area (TPSA) is 55.8 Å². The molecule has 0 saturated carbocycles. The Bertz CT molecular complexity index is 420. The molecule has 0 aliphatic carbocycles. The standard InChI is InChI=1S/C15H20O4/c1-12(15(17)18-2)9-11-19-14-7-5-13(6-8-14)4-3-10-16/h5-9,16H,3-4,10-11H2,1-2H3. The molecule has 0 fully saturated rings. The number of methoxy groups -OCH3 is 1. The quantitative estimate of drug-likeness (QED) is 0.605. The molecule has 4 nitrogen and oxygen atoms in total. The van der Waals surface area contributed by atoms with E-state index in [2.05, 4.69) is 4.74 Å². The van der Waals surface area contributed by atoms with Gasteiger partial charge in [0.2, 0.25) is 0 Å². The first-order valence-corrected chi connectivity index (χ1v) is 6.25. The predicted molar refractivity (Wildman–Crippen MR) is 73.1 cm³/mol. The van der Waals surface area contributed by atoms with E-state index in [0.717, 1.165) is 18.6 Å². The Morgan fingerprint density at radius 2 is 2.00 bits per heavy atom. The zero-order valence-corrected chi connectivity index (χ0v) is 11.4. The van der Waals surface area contributed by atoms with Crippen LogP contribution in [0.2, 0.25) is 0 Å². The van der Waals surface area contributed by atoms with Crippen molar-refractivity contribution in [3.63, 3.8) is 0 Å². The van der Waals surface area contributed by atoms with Gasteiger partial charge in [-0.2, -0.15) is 0 Å². The van der Waals surface area contributed by atoms with Gasteiger partial charge in [-0.05, 0) is 43.5 Å². The number of carbonyl (C=O) groups is 1. The summed E-state index contributed by atoms with van der Waals surface area (Å²) < 4.78 is 10.1. The molecule has 4 heteroatoms. The Morgan fingerprint density at radius 1 is 1.32 bits per heavy atom. The number of carbonyl (C=O) groups excluding carboxylic acids is 1. The molecule has 0 aliphatic heterocycles. The summed E-state index contributed by atoms with van der Waals surface area (Å²) in [6.45, 7) is 2.22. The number of hydrogen-bond donors (Lipinski definition) is 1. The van der Waals surface area contributed by atoms with Crippen molar-refractivity contribution in [3.8, 4) is 5.75 Å². The lowest BCUT2D eigenvalue weighted by molar-refractivity contribution is -0.136. The molecule has 1 rings (SSSR count). The lowest BCUT2D eigenvalue weighted by Crippen LogP contribution is -2.04. The van der Waals surface area contributed by atoms with Crippen molar-refractivity contribution in [2.45, 2.75) is 19.8 Å². The van der Waals surface area contributed by atoms with Crippen LogP contribution in [0.25, 0.3) is 0 Å². The molecule has 0 atom stereocenters. The van der Waals surface area contributed by atoms with Crippen molar-refractivity contribution in [1.29, 1.82) is 0 Å². The number of benzene rings is 1. The van der Waals surface area contributed by atoms with E-state index >= 15 is 0 Å². The van der Waals surface area contributed by atoms with Crippen molar-refractivity contribution < 1.29 is 19.4 Å². The molecule has 0 heterocycles. The number of hydrogen-bond acceptors (Lipinski definition) is 4. The third-order valence-electron chi connectivity index (χ3n) is 2.69. The molecular weight excluding hydrogens is 244 g/mol. The highest BCUT2D eigenvalue weighted by Crippen LogP contribution is 2.13. The van der Waals surface area contributed by atoms with Crippen LogP contribution in [0.4, 0.5) is 0 Å². The van der Waals surface area contributed by atoms with Gasteiger partial charge in [-0.1, -0.05) is 12.1 Å². The van der Waals surface area contributed by atoms with Gasteiger partial charge in [-0.3, -0.25) is 0 Å². The average Bonchev–Trinajstić information content (AvgIpc) is 2.45. The van der Waals surface area contributed by atoms with Crippen LogP contribution in [-0.4, -0.2) is 31.4 Å². The summed E-state index contributed by atoms with van der Waals surface area (Å²) in [6, 6.07) is 7.71. The van der Waals surface area contributed by atoms with Gasteiger partial charge in [0, 0.05) is 12.2 Å². The van der Waals surface area contributed by atoms with E-state index in [-0.39, 0.29) is 12.6 Å². The van der Waals surface area contributed by atoms with Crippen LogP contribution in [0.1, 0.15) is 18.9 Å². The van der Waals surface area contributed by atoms with E-state index in [1.165, 1.54) is 12.7 Å². The van der Waals surface area contributed by atoms with Crippen LogP contribution in [0.15, 0.2) is 35.9 Å². The maximum absolute atomic E-state index is 11.1. The Kier molecular flexibility index (Phi) is 6.68. The number of ether oxygens (including phenoxy) is 2. The van der Waals surface area contributed by atoms with Gasteiger partial charge in [0.05, 0.1) is 7.11 Å². The first-order valence-electron chi connectivity index (χ1n) is 6.25. The summed E-state index contributed by atoms with van der Waals surface area (Å²) in [5.74, 6) is 0.407. The highest BCUT2D eigenvalue weighted by Gasteiger charge is 2.02. The van der Waals surface area contributed by atoms with Gasteiger partial charge in [0.1, 0.15) is 12.4 Å². The SMILES string of the molecule is COC(=O)C(C)=CCOc1ccc(CCCO)cc1. The van der Waals surface area contributed by atoms with E-state index in [1.807, 2.05) is 24.3 Å². The van der Waals surface area contributed by atoms with E-state index < -0.39 is 0 Å². The van der Waals surface area contributed by atoms with Gasteiger partial charge in [-0.15, -0.1) is 0 Å². The predicted octanol–water partition coefficient (Wildman–Crippen LogP) is 2.11. The average molecular weight is 264 g/mol. The van der Waals surface area contributed by atoms with Crippen LogP contribution >= 0.6 is 0 Å². The smallest absolute Gasteiger partial charge is 0.333 e. The van der Waals surface area contributed by atoms with E-state index in [0.29, 0.717) is 12.2 Å². The largest absolute Gasteiger partial charge is 0.490 e. The summed E-state index contributed by atoms with van der Waals surface area (Å²) in [6.07, 6.45) is 3.31. The number of aliphatic hydroxyl groups is 1. The van der Waals surface area contributed by atoms with Gasteiger partial charge in [0.15, 0.2) is 0 Å². The van der Waals surface area contributed by atoms with Crippen LogP contribution < -0.4 is 4.74 Å². The van der Waals surface area contributed by atoms with E-state index in [9.17, 15) is 4.79 Å². The molecule has 19 heavy (non-hydrogen) atoms. The number of aryl methyl sites for hydroxylation is 1. The Hall–Kier alpha value is -1.81. The van der Waals surface area contributed by atoms with Crippen molar-refractivity contribution in [2.75, 3.05) is 20.3 Å². The fourth-order valence-electron chi connectivity index (χ4n) is 1.54. The summed E-state index contributed by atoms with van der Waals surface area (Å²) in [4.78, 5) is 11.1. The molecule has 0 spiro atoms. The summed E-state index contributed by atoms with van der Waals surface area (Å²) in [5, 5.41) is 8.75. The molecule has 1 aromatic carbocycles. The second-order valence-electron chi connectivity index (χ2n) is 4.16. The number of esters is 1. The monoisotopic (exact) mass is 264 g/mol. The fraction of sp³-hybridized carbons (Fsp3) is 0.400. The minimum Gasteiger partial charge on any atom is -0.490 e. The molecule has 1 N–H and O–H groups in total. The minimum absolute atomic E-state index is 0.204. The lowest BCUT2D eigenvalue weighted by atomic mass is 10.1. The first-order chi connectivity index (χ1) is 9.17. The van der Waals surface area contributed by atoms with Crippen molar-refractivity contribution in [2.24, 2.45) is 0 Å². The molecular formula is C15H20O4. The zero-order valence-electron chi connectivity index (χ0n) is 11.4. The summed E-state index contributed by atoms with van der Waals surface area (Å²) in [5.41, 5.74) is 1.70. The second-order valence-corrected chi connectivity index (χ2v) is 4.16. The third-order valence-corrected chi connectivity index (χ3v) is 2.69. The van der Waals surface area contributed by atoms with E-state index in [4.69, 9.17) is 9.84 Å². The van der Waals surface area contributed by atoms with Crippen LogP contribution in [0, 0.1) is 0 Å². The van der Waals surface area contributed by atoms with Gasteiger partial charge >= 0.3 is 5.97 Å². The third kappa shape index (κ3) is 5.57. The fourth-order valence-corrected chi connectivity index (χ4v) is 1.54. The molecule has 0 saturated heterocycles. The van der Waals surface area contributed by atoms with E-state index in [1.54, 1.807) is 13.0 Å². The van der Waals surface area contributed by atoms with Crippen LogP contribution in [0.5, 0.6) is 5.75 Å². The van der Waals surface area contributed by atoms with Crippen molar-refractivity contribution >= 4 is 5.97 Å². The Labute approximate surface area is 113 Å². The Morgan fingerprint density at radius 3 is 2.58 bits per heavy atom. The van der Waals surface area contributed by atoms with Crippen molar-refractivity contribution in [1.82, 2.24) is 0 Å². The number of rotatable bonds is 7. The number of aliphatic hydroxyl groups excluding tert-OH is 1. The zero-order chi connectivity index (χ0) is 14.1. The molecule has 0 unspecified atom stereocenters. The molecule has 0 bridgehead atoms. The molecule has 0 aromatic heterocycles. The lowest BCUT2D eigenvalue weighted by Gasteiger charge is -2.05. The highest BCUT2D eigenvalue weighted by atomic mass is 16.5. The second kappa shape index (κ2) is 8.32. The molecule has 0 aliphatic rings. The molecule has 0 radical (unpaired) electrons. The van der Waals surface area contributed by atoms with Crippen LogP contribution in [-0.2, 0) is 16.0 Å². The molecule has 104 valence electrons. The minimum atomic E-state index is -0.344. The van der Waals surface area contributed by atoms with Gasteiger partial charge in [0.25, 0.3) is 0 Å². The normalized spacial score (nSPS) is 11.2. The Balaban J connectivity index is 2.43. The first kappa shape index (κ1) is 15.2. The van der Waals surface area contributed by atoms with Crippen LogP contribution in [0.3, 0.4) is 0 Å². The highest BCUT2D eigenvalue weighted by molar-refractivity contribution is 5.87. The summed E-state index contributed by atoms with van der Waals surface area (Å²) >= 11 is 0. The maximum Gasteiger partial charge on any atom is 0.333 e. The van der Waals surface area contributed by atoms with Crippen molar-refractivity contribution in [3.05, 3.63) is 41.5 Å². The van der Waals surface area contributed by atoms with Gasteiger partial charge in [-0.25, -0.2) is 4.79 Å². The summed E-state index contributed by atoms with van der Waals surface area (Å²) in [7, 11) is 1.35. The molecule has 0 amide bonds.